The largest absolute Gasteiger partial charge is 0.323 e. The molecule has 100 valence electrons. The van der Waals surface area contributed by atoms with E-state index in [4.69, 9.17) is 5.73 Å². The summed E-state index contributed by atoms with van der Waals surface area (Å²) in [5, 5.41) is 2.12. The van der Waals surface area contributed by atoms with E-state index in [1.165, 1.54) is 10.4 Å². The summed E-state index contributed by atoms with van der Waals surface area (Å²) >= 11 is 5.02. The number of hydrogen-bond acceptors (Lipinski definition) is 2. The zero-order chi connectivity index (χ0) is 13.4. The van der Waals surface area contributed by atoms with Gasteiger partial charge in [-0.2, -0.15) is 0 Å². The van der Waals surface area contributed by atoms with Crippen molar-refractivity contribution in [3.05, 3.63) is 55.9 Å². The van der Waals surface area contributed by atoms with Crippen molar-refractivity contribution < 1.29 is 4.39 Å². The fraction of sp³-hybridized carbons (Fsp3) is 0.333. The molecule has 1 nitrogen and oxygen atoms in total. The van der Waals surface area contributed by atoms with Crippen LogP contribution >= 0.6 is 27.3 Å². The maximum absolute atomic E-state index is 14.2. The average Bonchev–Trinajstić information content (AvgIpc) is 2.89. The zero-order valence-electron chi connectivity index (χ0n) is 10.4. The number of rotatable bonds is 2. The predicted molar refractivity (Wildman–Crippen MR) is 81.0 cm³/mol. The topological polar surface area (TPSA) is 26.0 Å². The highest BCUT2D eigenvalue weighted by atomic mass is 79.9. The monoisotopic (exact) mass is 339 g/mol. The number of hydrogen-bond donors (Lipinski definition) is 1. The van der Waals surface area contributed by atoms with Gasteiger partial charge in [-0.15, -0.1) is 11.3 Å². The van der Waals surface area contributed by atoms with Gasteiger partial charge in [0.1, 0.15) is 5.82 Å². The molecule has 19 heavy (non-hydrogen) atoms. The summed E-state index contributed by atoms with van der Waals surface area (Å²) in [7, 11) is 0. The van der Waals surface area contributed by atoms with Gasteiger partial charge in [-0.05, 0) is 58.3 Å². The lowest BCUT2D eigenvalue weighted by Crippen LogP contribution is -2.23. The van der Waals surface area contributed by atoms with Crippen molar-refractivity contribution in [3.8, 4) is 0 Å². The summed E-state index contributed by atoms with van der Waals surface area (Å²) < 4.78 is 14.7. The van der Waals surface area contributed by atoms with Crippen molar-refractivity contribution in [1.29, 1.82) is 0 Å². The molecule has 1 heterocycles. The van der Waals surface area contributed by atoms with Gasteiger partial charge < -0.3 is 5.73 Å². The molecule has 0 bridgehead atoms. The minimum Gasteiger partial charge on any atom is -0.323 e. The molecule has 0 spiro atoms. The second kappa shape index (κ2) is 5.35. The Bertz CT molecular complexity index is 596. The van der Waals surface area contributed by atoms with Crippen molar-refractivity contribution in [2.45, 2.75) is 31.2 Å². The van der Waals surface area contributed by atoms with Crippen LogP contribution in [0, 0.1) is 5.82 Å². The minimum absolute atomic E-state index is 0.225. The van der Waals surface area contributed by atoms with E-state index < -0.39 is 0 Å². The third-order valence-corrected chi connectivity index (χ3v) is 5.48. The molecule has 1 aromatic carbocycles. The van der Waals surface area contributed by atoms with Gasteiger partial charge >= 0.3 is 0 Å². The number of benzene rings is 1. The molecule has 3 rings (SSSR count). The van der Waals surface area contributed by atoms with Crippen LogP contribution in [-0.4, -0.2) is 0 Å². The van der Waals surface area contributed by atoms with Crippen molar-refractivity contribution in [1.82, 2.24) is 0 Å². The van der Waals surface area contributed by atoms with Gasteiger partial charge in [0.15, 0.2) is 0 Å². The predicted octanol–water partition coefficient (Wildman–Crippen LogP) is 4.77. The molecule has 0 radical (unpaired) electrons. The molecule has 2 aromatic rings. The Labute approximate surface area is 124 Å². The molecule has 0 saturated heterocycles. The zero-order valence-corrected chi connectivity index (χ0v) is 12.8. The molecule has 2 unspecified atom stereocenters. The van der Waals surface area contributed by atoms with Crippen molar-refractivity contribution >= 4 is 27.3 Å². The summed E-state index contributed by atoms with van der Waals surface area (Å²) in [6.45, 7) is 0. The summed E-state index contributed by atoms with van der Waals surface area (Å²) in [4.78, 5) is 1.42. The fourth-order valence-corrected chi connectivity index (χ4v) is 4.27. The lowest BCUT2D eigenvalue weighted by molar-refractivity contribution is 0.461. The van der Waals surface area contributed by atoms with E-state index in [2.05, 4.69) is 27.4 Å². The van der Waals surface area contributed by atoms with Crippen LogP contribution in [0.5, 0.6) is 0 Å². The third kappa shape index (κ3) is 2.37. The molecule has 2 atom stereocenters. The lowest BCUT2D eigenvalue weighted by Gasteiger charge is -2.28. The first kappa shape index (κ1) is 13.3. The Morgan fingerprint density at radius 2 is 2.21 bits per heavy atom. The van der Waals surface area contributed by atoms with Gasteiger partial charge in [-0.3, -0.25) is 0 Å². The fourth-order valence-electron chi connectivity index (χ4n) is 2.89. The summed E-state index contributed by atoms with van der Waals surface area (Å²) in [5.74, 6) is 0.0103. The normalized spacial score (nSPS) is 20.1. The Hall–Kier alpha value is -0.710. The molecule has 4 heteroatoms. The highest BCUT2D eigenvalue weighted by Crippen LogP contribution is 2.42. The molecule has 0 amide bonds. The Balaban J connectivity index is 1.98. The van der Waals surface area contributed by atoms with Crippen molar-refractivity contribution in [2.75, 3.05) is 0 Å². The minimum atomic E-state index is -0.272. The Morgan fingerprint density at radius 1 is 1.37 bits per heavy atom. The maximum atomic E-state index is 14.2. The second-order valence-electron chi connectivity index (χ2n) is 4.97. The van der Waals surface area contributed by atoms with E-state index in [1.807, 2.05) is 6.07 Å². The summed E-state index contributed by atoms with van der Waals surface area (Å²) in [6.07, 6.45) is 3.32. The Morgan fingerprint density at radius 3 is 3.05 bits per heavy atom. The lowest BCUT2D eigenvalue weighted by atomic mass is 9.80. The van der Waals surface area contributed by atoms with Crippen LogP contribution in [0.1, 0.15) is 40.8 Å². The average molecular weight is 340 g/mol. The SMILES string of the molecule is NC(c1cccc(Br)c1F)C1CCCc2sccc21. The van der Waals surface area contributed by atoms with Gasteiger partial charge in [0.05, 0.1) is 4.47 Å². The molecule has 0 aliphatic heterocycles. The second-order valence-corrected chi connectivity index (χ2v) is 6.82. The van der Waals surface area contributed by atoms with E-state index in [-0.39, 0.29) is 17.8 Å². The molecule has 1 aliphatic rings. The third-order valence-electron chi connectivity index (χ3n) is 3.87. The molecular weight excluding hydrogens is 325 g/mol. The first-order chi connectivity index (χ1) is 9.18. The number of halogens is 2. The molecule has 0 saturated carbocycles. The standard InChI is InChI=1S/C15H15BrFNS/c16-12-5-1-4-11(14(12)17)15(18)10-3-2-6-13-9(10)7-8-19-13/h1,4-5,7-8,10,15H,2-3,6,18H2. The summed E-state index contributed by atoms with van der Waals surface area (Å²) in [5.41, 5.74) is 8.29. The van der Waals surface area contributed by atoms with Crippen LogP contribution in [0.15, 0.2) is 34.1 Å². The number of fused-ring (bicyclic) bond motifs is 1. The van der Waals surface area contributed by atoms with Crippen LogP contribution in [0.3, 0.4) is 0 Å². The number of thiophene rings is 1. The van der Waals surface area contributed by atoms with Crippen LogP contribution in [-0.2, 0) is 6.42 Å². The van der Waals surface area contributed by atoms with Gasteiger partial charge in [-0.1, -0.05) is 12.1 Å². The molecule has 1 aliphatic carbocycles. The molecule has 1 aromatic heterocycles. The van der Waals surface area contributed by atoms with E-state index >= 15 is 0 Å². The van der Waals surface area contributed by atoms with Crippen molar-refractivity contribution in [2.24, 2.45) is 5.73 Å². The quantitative estimate of drug-likeness (QED) is 0.837. The van der Waals surface area contributed by atoms with Crippen LogP contribution in [0.25, 0.3) is 0 Å². The van der Waals surface area contributed by atoms with E-state index in [0.29, 0.717) is 10.0 Å². The van der Waals surface area contributed by atoms with E-state index in [9.17, 15) is 4.39 Å². The molecule has 2 N–H and O–H groups in total. The van der Waals surface area contributed by atoms with E-state index in [0.717, 1.165) is 19.3 Å². The smallest absolute Gasteiger partial charge is 0.142 e. The Kier molecular flexibility index (Phi) is 3.74. The first-order valence-electron chi connectivity index (χ1n) is 6.44. The maximum Gasteiger partial charge on any atom is 0.142 e. The van der Waals surface area contributed by atoms with Gasteiger partial charge in [-0.25, -0.2) is 4.39 Å². The molecular formula is C15H15BrFNS. The van der Waals surface area contributed by atoms with Crippen LogP contribution in [0.4, 0.5) is 4.39 Å². The van der Waals surface area contributed by atoms with Gasteiger partial charge in [0.2, 0.25) is 0 Å². The summed E-state index contributed by atoms with van der Waals surface area (Å²) in [6, 6.07) is 7.24. The van der Waals surface area contributed by atoms with Crippen LogP contribution in [0.2, 0.25) is 0 Å². The van der Waals surface area contributed by atoms with Gasteiger partial charge in [0, 0.05) is 22.4 Å². The highest BCUT2D eigenvalue weighted by molar-refractivity contribution is 9.10. The first-order valence-corrected chi connectivity index (χ1v) is 8.11. The van der Waals surface area contributed by atoms with E-state index in [1.54, 1.807) is 23.5 Å². The van der Waals surface area contributed by atoms with Crippen molar-refractivity contribution in [3.63, 3.8) is 0 Å². The van der Waals surface area contributed by atoms with Gasteiger partial charge in [0.25, 0.3) is 0 Å². The van der Waals surface area contributed by atoms with Crippen LogP contribution < -0.4 is 5.73 Å². The highest BCUT2D eigenvalue weighted by Gasteiger charge is 2.29. The molecule has 0 fully saturated rings. The number of aryl methyl sites for hydroxylation is 1. The number of nitrogens with two attached hydrogens (primary N) is 1.